The number of halogens is 2. The van der Waals surface area contributed by atoms with E-state index >= 15 is 0 Å². The van der Waals surface area contributed by atoms with Crippen molar-refractivity contribution in [1.82, 2.24) is 8.75 Å². The van der Waals surface area contributed by atoms with Crippen molar-refractivity contribution >= 4 is 83.3 Å². The van der Waals surface area contributed by atoms with Gasteiger partial charge < -0.3 is 0 Å². The van der Waals surface area contributed by atoms with Crippen molar-refractivity contribution in [3.8, 4) is 0 Å². The summed E-state index contributed by atoms with van der Waals surface area (Å²) in [5.74, 6) is -0.563. The van der Waals surface area contributed by atoms with Gasteiger partial charge in [0.1, 0.15) is 22.1 Å². The van der Waals surface area contributed by atoms with Gasteiger partial charge in [-0.25, -0.2) is 0 Å². The minimum atomic E-state index is -0.523. The maximum atomic E-state index is 14.1. The molecular weight excluding hydrogens is 654 g/mol. The largest absolute Gasteiger partial charge is 0.293 e. The molecule has 0 amide bonds. The Kier molecular flexibility index (Phi) is 9.01. The summed E-state index contributed by atoms with van der Waals surface area (Å²) < 4.78 is 12.1. The van der Waals surface area contributed by atoms with E-state index in [0.717, 1.165) is 46.7 Å². The van der Waals surface area contributed by atoms with Gasteiger partial charge in [0.2, 0.25) is 0 Å². The van der Waals surface area contributed by atoms with Crippen LogP contribution in [0.4, 0.5) is 0 Å². The van der Waals surface area contributed by atoms with Gasteiger partial charge in [0.05, 0.1) is 35.3 Å². The summed E-state index contributed by atoms with van der Waals surface area (Å²) in [5, 5.41) is 0. The van der Waals surface area contributed by atoms with Gasteiger partial charge in [-0.2, -0.15) is 8.75 Å². The van der Waals surface area contributed by atoms with Crippen LogP contribution in [0, 0.1) is 4.91 Å². The Morgan fingerprint density at radius 2 is 1.54 bits per heavy atom. The molecule has 2 aliphatic rings. The summed E-state index contributed by atoms with van der Waals surface area (Å²) in [5.41, 5.74) is 3.66. The molecule has 0 N–H and O–H groups in total. The summed E-state index contributed by atoms with van der Waals surface area (Å²) in [4.78, 5) is 29.8. The first-order valence-corrected chi connectivity index (χ1v) is 16.8. The van der Waals surface area contributed by atoms with Crippen molar-refractivity contribution in [2.24, 2.45) is 0 Å². The van der Waals surface area contributed by atoms with Crippen LogP contribution < -0.4 is 0 Å². The van der Waals surface area contributed by atoms with Gasteiger partial charge in [0.15, 0.2) is 5.78 Å². The zero-order chi connectivity index (χ0) is 25.9. The second-order valence-electron chi connectivity index (χ2n) is 9.46. The van der Waals surface area contributed by atoms with Crippen molar-refractivity contribution < 1.29 is 9.55 Å². The van der Waals surface area contributed by atoms with Crippen LogP contribution in [0.5, 0.6) is 0 Å². The number of aromatic nitrogens is 2. The van der Waals surface area contributed by atoms with Crippen LogP contribution in [0.15, 0.2) is 43.1 Å². The van der Waals surface area contributed by atoms with Crippen molar-refractivity contribution in [3.05, 3.63) is 69.2 Å². The van der Waals surface area contributed by atoms with Crippen LogP contribution in [0.3, 0.4) is 0 Å². The van der Waals surface area contributed by atoms with Crippen LogP contribution >= 0.6 is 66.3 Å². The second kappa shape index (κ2) is 12.2. The van der Waals surface area contributed by atoms with Crippen LogP contribution in [0.2, 0.25) is 0 Å². The van der Waals surface area contributed by atoms with Crippen LogP contribution in [0.25, 0.3) is 11.3 Å². The fourth-order valence-electron chi connectivity index (χ4n) is 5.17. The van der Waals surface area contributed by atoms with Crippen molar-refractivity contribution in [2.45, 2.75) is 77.0 Å². The van der Waals surface area contributed by atoms with E-state index in [2.05, 4.69) is 47.5 Å². The minimum absolute atomic E-state index is 0.0399. The zero-order valence-electron chi connectivity index (χ0n) is 20.6. The van der Waals surface area contributed by atoms with Gasteiger partial charge in [0, 0.05) is 16.2 Å². The van der Waals surface area contributed by atoms with E-state index in [1.807, 2.05) is 24.3 Å². The Hall–Kier alpha value is -1.33. The van der Waals surface area contributed by atoms with Gasteiger partial charge in [-0.3, -0.25) is 4.79 Å². The van der Waals surface area contributed by atoms with E-state index in [1.54, 1.807) is 0 Å². The highest BCUT2D eigenvalue weighted by molar-refractivity contribution is 9.11. The Morgan fingerprint density at radius 3 is 2.19 bits per heavy atom. The van der Waals surface area contributed by atoms with E-state index in [0.29, 0.717) is 40.3 Å². The van der Waals surface area contributed by atoms with E-state index in [-0.39, 0.29) is 5.78 Å². The molecule has 3 aromatic rings. The van der Waals surface area contributed by atoms with Gasteiger partial charge >= 0.3 is 0 Å². The number of carbonyl (C=O) groups is 1. The van der Waals surface area contributed by atoms with Gasteiger partial charge in [-0.05, 0) is 62.5 Å². The number of fused-ring (bicyclic) bond motifs is 3. The topological polar surface area (TPSA) is 62.9 Å². The van der Waals surface area contributed by atoms with Crippen molar-refractivity contribution in [2.75, 3.05) is 0 Å². The third kappa shape index (κ3) is 5.55. The highest BCUT2D eigenvalue weighted by Crippen LogP contribution is 2.52. The number of Topliss-reactive ketones (excluding diaryl/α,β-unsaturated/α-hetero) is 1. The summed E-state index contributed by atoms with van der Waals surface area (Å²) in [7, 11) is 0. The average molecular weight is 683 g/mol. The number of nitrogens with zero attached hydrogens (tertiary/aromatic N) is 3. The molecule has 0 spiro atoms. The Balaban J connectivity index is 1.44. The maximum Gasteiger partial charge on any atom is 0.290 e. The Labute approximate surface area is 246 Å². The molecule has 1 atom stereocenters. The molecule has 0 aromatic carbocycles. The molecule has 37 heavy (non-hydrogen) atoms. The molecule has 1 aliphatic carbocycles. The number of thiophene rings is 2. The lowest BCUT2D eigenvalue weighted by molar-refractivity contribution is -0.397. The molecule has 3 aromatic heterocycles. The van der Waals surface area contributed by atoms with Crippen molar-refractivity contribution in [1.29, 1.82) is 0 Å². The second-order valence-corrected chi connectivity index (χ2v) is 14.9. The number of allylic oxidation sites excluding steroid dienone is 3. The summed E-state index contributed by atoms with van der Waals surface area (Å²) in [6, 6.07) is 7.81. The molecule has 1 aliphatic heterocycles. The fraction of sp³-hybridized carbons (Fsp3) is 0.444. The number of hydrogen-bond donors (Lipinski definition) is 0. The summed E-state index contributed by atoms with van der Waals surface area (Å²) >= 11 is 11.2. The lowest BCUT2D eigenvalue weighted by Crippen LogP contribution is -2.23. The number of nitroso groups, excluding NO2 is 1. The number of hydrogen-bond acceptors (Lipinski definition) is 7. The predicted octanol–water partition coefficient (Wildman–Crippen LogP) is 9.74. The SMILES string of the molecule is CCCCCCCCCCCC1=C2C(=O)C(c3ccc(Br)s3)c3nsnc3C2=C(c2ccc(Br)s2)[N+]1=O. The first kappa shape index (κ1) is 27.2. The van der Waals surface area contributed by atoms with E-state index in [9.17, 15) is 9.70 Å². The van der Waals surface area contributed by atoms with Crippen molar-refractivity contribution in [3.63, 3.8) is 0 Å². The molecule has 5 nitrogen and oxygen atoms in total. The quantitative estimate of drug-likeness (QED) is 0.141. The average Bonchev–Trinajstić information content (AvgIpc) is 3.66. The molecule has 0 bridgehead atoms. The third-order valence-electron chi connectivity index (χ3n) is 6.96. The first-order valence-electron chi connectivity index (χ1n) is 12.8. The summed E-state index contributed by atoms with van der Waals surface area (Å²) in [6.45, 7) is 2.24. The zero-order valence-corrected chi connectivity index (χ0v) is 26.2. The van der Waals surface area contributed by atoms with Gasteiger partial charge in [-0.15, -0.1) is 22.7 Å². The predicted molar refractivity (Wildman–Crippen MR) is 160 cm³/mol. The molecule has 1 unspecified atom stereocenters. The van der Waals surface area contributed by atoms with Gasteiger partial charge in [0.25, 0.3) is 11.4 Å². The number of rotatable bonds is 12. The number of unbranched alkanes of at least 4 members (excludes halogenated alkanes) is 8. The monoisotopic (exact) mass is 680 g/mol. The lowest BCUT2D eigenvalue weighted by Gasteiger charge is -2.19. The number of carbonyl (C=O) groups excluding carboxylic acids is 1. The molecule has 10 heteroatoms. The highest BCUT2D eigenvalue weighted by atomic mass is 79.9. The van der Waals surface area contributed by atoms with E-state index < -0.39 is 5.92 Å². The molecule has 0 saturated carbocycles. The Bertz CT molecular complexity index is 1380. The minimum Gasteiger partial charge on any atom is -0.293 e. The van der Waals surface area contributed by atoms with Crippen LogP contribution in [-0.2, 0) is 4.79 Å². The normalized spacial score (nSPS) is 17.2. The third-order valence-corrected chi connectivity index (χ3v) is 10.8. The molecule has 194 valence electrons. The standard InChI is InChI=1S/C27H28Br2N3O2S3/c1-2-3-4-5-6-7-8-9-10-11-16-21-23(26(32(16)34)18-13-15-20(29)36-18)25-24(30-37-31-25)22(27(21)33)17-12-14-19(28)35-17/h12-15,22H,2-11H2,1H3/q+1. The molecule has 0 saturated heterocycles. The molecule has 0 fully saturated rings. The Morgan fingerprint density at radius 1 is 0.865 bits per heavy atom. The summed E-state index contributed by atoms with van der Waals surface area (Å²) in [6.07, 6.45) is 11.4. The number of ketones is 1. The molecule has 4 heterocycles. The molecule has 5 rings (SSSR count). The lowest BCUT2D eigenvalue weighted by atomic mass is 9.79. The highest BCUT2D eigenvalue weighted by Gasteiger charge is 2.53. The van der Waals surface area contributed by atoms with Gasteiger partial charge in [-0.1, -0.05) is 58.3 Å². The van der Waals surface area contributed by atoms with E-state index in [4.69, 9.17) is 0 Å². The first-order chi connectivity index (χ1) is 18.0. The molecular formula is C27H28Br2N3O2S3+. The molecule has 0 radical (unpaired) electrons. The van der Waals surface area contributed by atoms with E-state index in [1.165, 1.54) is 67.6 Å². The van der Waals surface area contributed by atoms with Crippen LogP contribution in [0.1, 0.15) is 98.2 Å². The fourth-order valence-corrected chi connectivity index (χ4v) is 8.70. The van der Waals surface area contributed by atoms with Crippen LogP contribution in [-0.4, -0.2) is 19.3 Å². The smallest absolute Gasteiger partial charge is 0.290 e. The maximum absolute atomic E-state index is 14.1.